The van der Waals surface area contributed by atoms with Crippen LogP contribution >= 0.6 is 0 Å². The lowest BCUT2D eigenvalue weighted by Gasteiger charge is -2.38. The molecule has 1 amide bonds. The second-order valence-electron chi connectivity index (χ2n) is 7.33. The first kappa shape index (κ1) is 20.2. The zero-order chi connectivity index (χ0) is 19.8. The van der Waals surface area contributed by atoms with Crippen LogP contribution in [0.2, 0.25) is 0 Å². The van der Waals surface area contributed by atoms with E-state index in [-0.39, 0.29) is 11.3 Å². The number of carbonyl (C=O) groups excluding carboxylic acids is 1. The van der Waals surface area contributed by atoms with Gasteiger partial charge in [0.25, 0.3) is 0 Å². The van der Waals surface area contributed by atoms with Gasteiger partial charge in [0.2, 0.25) is 5.91 Å². The number of hydrogen-bond acceptors (Lipinski definition) is 4. The maximum absolute atomic E-state index is 12.5. The number of anilines is 1. The molecule has 3 N–H and O–H groups in total. The van der Waals surface area contributed by atoms with E-state index in [9.17, 15) is 4.79 Å². The smallest absolute Gasteiger partial charge is 0.220 e. The van der Waals surface area contributed by atoms with Crippen LogP contribution in [0.25, 0.3) is 0 Å². The number of nitrogens with one attached hydrogen (secondary N) is 1. The number of rotatable bonds is 8. The fourth-order valence-electron chi connectivity index (χ4n) is 3.77. The van der Waals surface area contributed by atoms with Crippen molar-refractivity contribution < 1.29 is 14.3 Å². The Hall–Kier alpha value is -2.53. The van der Waals surface area contributed by atoms with E-state index in [2.05, 4.69) is 17.4 Å². The largest absolute Gasteiger partial charge is 0.494 e. The summed E-state index contributed by atoms with van der Waals surface area (Å²) in [5.74, 6) is 0.929. The van der Waals surface area contributed by atoms with Crippen molar-refractivity contribution >= 4 is 11.6 Å². The summed E-state index contributed by atoms with van der Waals surface area (Å²) in [5.41, 5.74) is 8.87. The van der Waals surface area contributed by atoms with Gasteiger partial charge in [0.1, 0.15) is 5.75 Å². The molecule has 1 heterocycles. The minimum absolute atomic E-state index is 0.0556. The summed E-state index contributed by atoms with van der Waals surface area (Å²) in [6.07, 6.45) is 2.88. The Balaban J connectivity index is 1.62. The van der Waals surface area contributed by atoms with Crippen LogP contribution in [0, 0.1) is 0 Å². The molecular weight excluding hydrogens is 352 g/mol. The molecule has 1 aliphatic heterocycles. The predicted molar refractivity (Wildman–Crippen MR) is 112 cm³/mol. The number of hydrogen-bond donors (Lipinski definition) is 2. The van der Waals surface area contributed by atoms with Crippen LogP contribution in [0.15, 0.2) is 48.5 Å². The number of carbonyl (C=O) groups is 1. The lowest BCUT2D eigenvalue weighted by molar-refractivity contribution is -0.121. The zero-order valence-electron chi connectivity index (χ0n) is 16.6. The molecule has 1 fully saturated rings. The van der Waals surface area contributed by atoms with Gasteiger partial charge in [-0.05, 0) is 55.5 Å². The first-order valence-corrected chi connectivity index (χ1v) is 10.0. The Morgan fingerprint density at radius 3 is 2.54 bits per heavy atom. The van der Waals surface area contributed by atoms with E-state index in [1.54, 1.807) is 0 Å². The molecule has 150 valence electrons. The Labute approximate surface area is 167 Å². The number of amides is 1. The maximum Gasteiger partial charge on any atom is 0.220 e. The average molecular weight is 383 g/mol. The molecule has 0 saturated carbocycles. The minimum Gasteiger partial charge on any atom is -0.494 e. The van der Waals surface area contributed by atoms with Crippen LogP contribution in [0.3, 0.4) is 0 Å². The average Bonchev–Trinajstić information content (AvgIpc) is 2.73. The molecular formula is C23H30N2O3. The van der Waals surface area contributed by atoms with E-state index in [4.69, 9.17) is 15.2 Å². The third kappa shape index (κ3) is 5.04. The van der Waals surface area contributed by atoms with Gasteiger partial charge in [-0.3, -0.25) is 4.79 Å². The summed E-state index contributed by atoms with van der Waals surface area (Å²) in [4.78, 5) is 12.5. The van der Waals surface area contributed by atoms with Crippen molar-refractivity contribution in [3.8, 4) is 5.75 Å². The van der Waals surface area contributed by atoms with Crippen LogP contribution in [0.5, 0.6) is 5.75 Å². The van der Waals surface area contributed by atoms with Gasteiger partial charge >= 0.3 is 0 Å². The van der Waals surface area contributed by atoms with Crippen molar-refractivity contribution in [1.82, 2.24) is 5.32 Å². The zero-order valence-corrected chi connectivity index (χ0v) is 16.6. The summed E-state index contributed by atoms with van der Waals surface area (Å²) >= 11 is 0. The maximum atomic E-state index is 12.5. The SMILES string of the molecule is CCOc1ccc(C2(CNC(=O)CCc3ccccc3N)CCOCC2)cc1. The molecule has 0 radical (unpaired) electrons. The molecule has 0 aliphatic carbocycles. The van der Waals surface area contributed by atoms with Crippen molar-refractivity contribution in [3.05, 3.63) is 59.7 Å². The normalized spacial score (nSPS) is 15.8. The number of ether oxygens (including phenoxy) is 2. The Morgan fingerprint density at radius 2 is 1.86 bits per heavy atom. The first-order chi connectivity index (χ1) is 13.6. The highest BCUT2D eigenvalue weighted by Gasteiger charge is 2.34. The number of benzene rings is 2. The highest BCUT2D eigenvalue weighted by atomic mass is 16.5. The molecule has 0 atom stereocenters. The van der Waals surface area contributed by atoms with Gasteiger partial charge in [0, 0.05) is 37.3 Å². The van der Waals surface area contributed by atoms with E-state index in [0.29, 0.717) is 39.2 Å². The van der Waals surface area contributed by atoms with Gasteiger partial charge < -0.3 is 20.5 Å². The van der Waals surface area contributed by atoms with Gasteiger partial charge in [-0.25, -0.2) is 0 Å². The van der Waals surface area contributed by atoms with Crippen molar-refractivity contribution in [1.29, 1.82) is 0 Å². The summed E-state index contributed by atoms with van der Waals surface area (Å²) in [7, 11) is 0. The quantitative estimate of drug-likeness (QED) is 0.686. The molecule has 28 heavy (non-hydrogen) atoms. The molecule has 2 aromatic rings. The van der Waals surface area contributed by atoms with E-state index in [0.717, 1.165) is 29.8 Å². The molecule has 0 unspecified atom stereocenters. The van der Waals surface area contributed by atoms with Gasteiger partial charge in [0.15, 0.2) is 0 Å². The van der Waals surface area contributed by atoms with Gasteiger partial charge in [-0.15, -0.1) is 0 Å². The summed E-state index contributed by atoms with van der Waals surface area (Å²) in [6, 6.07) is 16.0. The summed E-state index contributed by atoms with van der Waals surface area (Å²) < 4.78 is 11.1. The van der Waals surface area contributed by atoms with Crippen LogP contribution in [0.4, 0.5) is 5.69 Å². The minimum atomic E-state index is -0.0928. The van der Waals surface area contributed by atoms with Gasteiger partial charge in [-0.1, -0.05) is 30.3 Å². The lowest BCUT2D eigenvalue weighted by Crippen LogP contribution is -2.44. The van der Waals surface area contributed by atoms with Crippen LogP contribution in [-0.4, -0.2) is 32.3 Å². The van der Waals surface area contributed by atoms with Crippen LogP contribution in [-0.2, 0) is 21.4 Å². The molecule has 3 rings (SSSR count). The third-order valence-corrected chi connectivity index (χ3v) is 5.53. The second kappa shape index (κ2) is 9.60. The van der Waals surface area contributed by atoms with Gasteiger partial charge in [0.05, 0.1) is 6.61 Å². The Morgan fingerprint density at radius 1 is 1.14 bits per heavy atom. The van der Waals surface area contributed by atoms with Crippen molar-refractivity contribution in [2.24, 2.45) is 0 Å². The molecule has 2 aromatic carbocycles. The molecule has 0 spiro atoms. The molecule has 1 aliphatic rings. The topological polar surface area (TPSA) is 73.6 Å². The van der Waals surface area contributed by atoms with E-state index >= 15 is 0 Å². The number of para-hydroxylation sites is 1. The number of nitrogen functional groups attached to an aromatic ring is 1. The number of aryl methyl sites for hydroxylation is 1. The molecule has 1 saturated heterocycles. The molecule has 0 bridgehead atoms. The Bertz CT molecular complexity index is 768. The predicted octanol–water partition coefficient (Wildman–Crippen LogP) is 3.46. The van der Waals surface area contributed by atoms with E-state index in [1.165, 1.54) is 5.56 Å². The molecule has 5 heteroatoms. The van der Waals surface area contributed by atoms with Crippen LogP contribution < -0.4 is 15.8 Å². The molecule has 5 nitrogen and oxygen atoms in total. The van der Waals surface area contributed by atoms with Gasteiger partial charge in [-0.2, -0.15) is 0 Å². The third-order valence-electron chi connectivity index (χ3n) is 5.53. The summed E-state index contributed by atoms with van der Waals surface area (Å²) in [6.45, 7) is 4.67. The lowest BCUT2D eigenvalue weighted by atomic mass is 9.74. The summed E-state index contributed by atoms with van der Waals surface area (Å²) in [5, 5.41) is 3.15. The molecule has 0 aromatic heterocycles. The van der Waals surface area contributed by atoms with E-state index < -0.39 is 0 Å². The second-order valence-corrected chi connectivity index (χ2v) is 7.33. The van der Waals surface area contributed by atoms with E-state index in [1.807, 2.05) is 43.3 Å². The van der Waals surface area contributed by atoms with Crippen molar-refractivity contribution in [2.45, 2.75) is 38.0 Å². The highest BCUT2D eigenvalue weighted by molar-refractivity contribution is 5.76. The Kier molecular flexibility index (Phi) is 6.93. The van der Waals surface area contributed by atoms with Crippen molar-refractivity contribution in [2.75, 3.05) is 32.1 Å². The monoisotopic (exact) mass is 382 g/mol. The standard InChI is InChI=1S/C23H30N2O3/c1-2-28-20-10-8-19(9-11-20)23(13-15-27-16-14-23)17-25-22(26)12-7-18-5-3-4-6-21(18)24/h3-6,8-11H,2,7,12-17,24H2,1H3,(H,25,26). The highest BCUT2D eigenvalue weighted by Crippen LogP contribution is 2.35. The first-order valence-electron chi connectivity index (χ1n) is 10.0. The fraction of sp³-hybridized carbons (Fsp3) is 0.435. The number of nitrogens with two attached hydrogens (primary N) is 1. The van der Waals surface area contributed by atoms with Crippen molar-refractivity contribution in [3.63, 3.8) is 0 Å². The fourth-order valence-corrected chi connectivity index (χ4v) is 3.77. The van der Waals surface area contributed by atoms with Crippen LogP contribution in [0.1, 0.15) is 37.3 Å².